The Kier molecular flexibility index (Phi) is 3.35. The molecule has 4 heteroatoms. The molecule has 2 atom stereocenters. The molecule has 0 aliphatic carbocycles. The first-order chi connectivity index (χ1) is 6.40. The zero-order valence-electron chi connectivity index (χ0n) is 8.83. The maximum Gasteiger partial charge on any atom is 0.312 e. The molecule has 1 fully saturated rings. The molecule has 1 rings (SSSR count). The fourth-order valence-corrected chi connectivity index (χ4v) is 1.77. The second-order valence-electron chi connectivity index (χ2n) is 4.53. The lowest BCUT2D eigenvalue weighted by Gasteiger charge is -2.09. The van der Waals surface area contributed by atoms with Crippen LogP contribution in [0.5, 0.6) is 0 Å². The van der Waals surface area contributed by atoms with Gasteiger partial charge in [-0.15, -0.1) is 5.54 Å². The quantitative estimate of drug-likeness (QED) is 0.397. The van der Waals surface area contributed by atoms with Crippen LogP contribution in [0.1, 0.15) is 6.42 Å². The molecule has 0 aromatic carbocycles. The predicted molar refractivity (Wildman–Crippen MR) is 56.2 cm³/mol. The SMILES string of the molecule is C[Si](C)(C)C#C[C@@H](O)[C@H]1CCOC1=O. The van der Waals surface area contributed by atoms with E-state index in [9.17, 15) is 9.90 Å². The molecule has 1 heterocycles. The van der Waals surface area contributed by atoms with Crippen molar-refractivity contribution in [3.8, 4) is 11.5 Å². The highest BCUT2D eigenvalue weighted by molar-refractivity contribution is 6.83. The molecule has 0 radical (unpaired) electrons. The normalized spacial score (nSPS) is 23.7. The van der Waals surface area contributed by atoms with Gasteiger partial charge in [-0.05, 0) is 6.42 Å². The number of carbonyl (C=O) groups is 1. The van der Waals surface area contributed by atoms with Crippen molar-refractivity contribution in [3.05, 3.63) is 0 Å². The van der Waals surface area contributed by atoms with E-state index in [0.717, 1.165) is 0 Å². The van der Waals surface area contributed by atoms with E-state index in [4.69, 9.17) is 4.74 Å². The van der Waals surface area contributed by atoms with Crippen LogP contribution in [-0.4, -0.2) is 31.9 Å². The van der Waals surface area contributed by atoms with Crippen LogP contribution < -0.4 is 0 Å². The average molecular weight is 212 g/mol. The number of hydrogen-bond donors (Lipinski definition) is 1. The third kappa shape index (κ3) is 3.16. The molecule has 14 heavy (non-hydrogen) atoms. The zero-order chi connectivity index (χ0) is 10.8. The van der Waals surface area contributed by atoms with Crippen LogP contribution in [0.25, 0.3) is 0 Å². The maximum absolute atomic E-state index is 11.1. The van der Waals surface area contributed by atoms with E-state index in [2.05, 4.69) is 31.1 Å². The van der Waals surface area contributed by atoms with Crippen LogP contribution in [-0.2, 0) is 9.53 Å². The molecule has 0 unspecified atom stereocenters. The van der Waals surface area contributed by atoms with Crippen molar-refractivity contribution in [3.63, 3.8) is 0 Å². The summed E-state index contributed by atoms with van der Waals surface area (Å²) in [4.78, 5) is 11.1. The van der Waals surface area contributed by atoms with E-state index in [1.165, 1.54) is 0 Å². The van der Waals surface area contributed by atoms with Crippen LogP contribution in [0.2, 0.25) is 19.6 Å². The highest BCUT2D eigenvalue weighted by Crippen LogP contribution is 2.18. The van der Waals surface area contributed by atoms with Gasteiger partial charge < -0.3 is 9.84 Å². The molecular weight excluding hydrogens is 196 g/mol. The van der Waals surface area contributed by atoms with Crippen LogP contribution in [0.4, 0.5) is 0 Å². The Morgan fingerprint density at radius 2 is 2.21 bits per heavy atom. The summed E-state index contributed by atoms with van der Waals surface area (Å²) in [5, 5.41) is 9.63. The second kappa shape index (κ2) is 4.16. The van der Waals surface area contributed by atoms with Gasteiger partial charge in [-0.1, -0.05) is 25.6 Å². The van der Waals surface area contributed by atoms with Crippen molar-refractivity contribution in [1.29, 1.82) is 0 Å². The van der Waals surface area contributed by atoms with Gasteiger partial charge in [-0.25, -0.2) is 0 Å². The molecule has 1 saturated heterocycles. The molecule has 0 aromatic heterocycles. The number of rotatable bonds is 1. The van der Waals surface area contributed by atoms with Crippen LogP contribution in [0.3, 0.4) is 0 Å². The lowest BCUT2D eigenvalue weighted by Crippen LogP contribution is -2.24. The van der Waals surface area contributed by atoms with E-state index in [1.807, 2.05) is 0 Å². The standard InChI is InChI=1S/C10H16O3Si/c1-14(2,3)7-5-9(11)8-4-6-13-10(8)12/h8-9,11H,4,6H2,1-3H3/t8-,9-/m1/s1. The number of aliphatic hydroxyl groups excluding tert-OH is 1. The molecule has 0 bridgehead atoms. The highest BCUT2D eigenvalue weighted by Gasteiger charge is 2.32. The lowest BCUT2D eigenvalue weighted by molar-refractivity contribution is -0.143. The summed E-state index contributed by atoms with van der Waals surface area (Å²) >= 11 is 0. The van der Waals surface area contributed by atoms with Crippen molar-refractivity contribution >= 4 is 14.0 Å². The fraction of sp³-hybridized carbons (Fsp3) is 0.700. The van der Waals surface area contributed by atoms with Gasteiger partial charge in [-0.3, -0.25) is 4.79 Å². The van der Waals surface area contributed by atoms with E-state index >= 15 is 0 Å². The van der Waals surface area contributed by atoms with Crippen molar-refractivity contribution in [2.75, 3.05) is 6.61 Å². The minimum atomic E-state index is -1.47. The number of carbonyl (C=O) groups excluding carboxylic acids is 1. The van der Waals surface area contributed by atoms with E-state index in [1.54, 1.807) is 0 Å². The number of aliphatic hydroxyl groups is 1. The Morgan fingerprint density at radius 1 is 1.57 bits per heavy atom. The highest BCUT2D eigenvalue weighted by atomic mass is 28.3. The van der Waals surface area contributed by atoms with Crippen LogP contribution in [0, 0.1) is 17.4 Å². The van der Waals surface area contributed by atoms with E-state index in [-0.39, 0.29) is 5.97 Å². The fourth-order valence-electron chi connectivity index (χ4n) is 1.19. The number of cyclic esters (lactones) is 1. The Hall–Kier alpha value is -0.793. The Bertz CT molecular complexity index is 282. The molecular formula is C10H16O3Si. The molecule has 0 aromatic rings. The summed E-state index contributed by atoms with van der Waals surface area (Å²) < 4.78 is 4.76. The molecule has 0 amide bonds. The van der Waals surface area contributed by atoms with E-state index in [0.29, 0.717) is 13.0 Å². The molecule has 0 saturated carbocycles. The summed E-state index contributed by atoms with van der Waals surface area (Å²) in [7, 11) is -1.47. The van der Waals surface area contributed by atoms with Crippen molar-refractivity contribution in [1.82, 2.24) is 0 Å². The van der Waals surface area contributed by atoms with E-state index < -0.39 is 20.1 Å². The molecule has 0 spiro atoms. The first-order valence-corrected chi connectivity index (χ1v) is 8.27. The van der Waals surface area contributed by atoms with Gasteiger partial charge in [0.25, 0.3) is 0 Å². The first kappa shape index (κ1) is 11.3. The molecule has 3 nitrogen and oxygen atoms in total. The molecule has 1 aliphatic heterocycles. The minimum Gasteiger partial charge on any atom is -0.465 e. The second-order valence-corrected chi connectivity index (χ2v) is 9.28. The molecule has 78 valence electrons. The largest absolute Gasteiger partial charge is 0.465 e. The summed E-state index contributed by atoms with van der Waals surface area (Å²) in [5.41, 5.74) is 3.05. The average Bonchev–Trinajstić information content (AvgIpc) is 2.46. The first-order valence-electron chi connectivity index (χ1n) is 4.77. The van der Waals surface area contributed by atoms with Crippen molar-refractivity contribution in [2.24, 2.45) is 5.92 Å². The summed E-state index contributed by atoms with van der Waals surface area (Å²) in [6.07, 6.45) is -0.267. The van der Waals surface area contributed by atoms with Gasteiger partial charge in [0.15, 0.2) is 0 Å². The van der Waals surface area contributed by atoms with Crippen LogP contribution >= 0.6 is 0 Å². The maximum atomic E-state index is 11.1. The topological polar surface area (TPSA) is 46.5 Å². The smallest absolute Gasteiger partial charge is 0.312 e. The number of hydrogen-bond acceptors (Lipinski definition) is 3. The Labute approximate surface area is 85.5 Å². The van der Waals surface area contributed by atoms with Gasteiger partial charge in [0, 0.05) is 0 Å². The van der Waals surface area contributed by atoms with Crippen molar-refractivity contribution < 1.29 is 14.6 Å². The summed E-state index contributed by atoms with van der Waals surface area (Å²) in [6.45, 7) is 6.70. The van der Waals surface area contributed by atoms with Gasteiger partial charge >= 0.3 is 5.97 Å². The predicted octanol–water partition coefficient (Wildman–Crippen LogP) is 0.791. The van der Waals surface area contributed by atoms with Gasteiger partial charge in [0.1, 0.15) is 14.2 Å². The third-order valence-electron chi connectivity index (χ3n) is 1.95. The Morgan fingerprint density at radius 3 is 2.64 bits per heavy atom. The minimum absolute atomic E-state index is 0.317. The number of ether oxygens (including phenoxy) is 1. The molecule has 1 N–H and O–H groups in total. The Balaban J connectivity index is 2.60. The summed E-state index contributed by atoms with van der Waals surface area (Å²) in [5.74, 6) is 2.01. The van der Waals surface area contributed by atoms with Gasteiger partial charge in [0.05, 0.1) is 12.5 Å². The number of esters is 1. The zero-order valence-corrected chi connectivity index (χ0v) is 9.83. The summed E-state index contributed by atoms with van der Waals surface area (Å²) in [6, 6.07) is 0. The van der Waals surface area contributed by atoms with Crippen molar-refractivity contribution in [2.45, 2.75) is 32.2 Å². The third-order valence-corrected chi connectivity index (χ3v) is 2.85. The monoisotopic (exact) mass is 212 g/mol. The molecule has 1 aliphatic rings. The van der Waals surface area contributed by atoms with Gasteiger partial charge in [-0.2, -0.15) is 0 Å². The van der Waals surface area contributed by atoms with Crippen LogP contribution in [0.15, 0.2) is 0 Å². The lowest BCUT2D eigenvalue weighted by atomic mass is 10.0. The van der Waals surface area contributed by atoms with Gasteiger partial charge in [0.2, 0.25) is 0 Å².